The Hall–Kier alpha value is -1.38. The molecule has 2 aromatic rings. The fourth-order valence-corrected chi connectivity index (χ4v) is 5.63. The Morgan fingerprint density at radius 2 is 1.92 bits per heavy atom. The molecule has 2 aromatic carbocycles. The van der Waals surface area contributed by atoms with Crippen molar-refractivity contribution in [1.82, 2.24) is 0 Å². The maximum Gasteiger partial charge on any atom is 0.264 e. The van der Waals surface area contributed by atoms with Gasteiger partial charge >= 0.3 is 0 Å². The molecule has 1 amide bonds. The van der Waals surface area contributed by atoms with E-state index in [9.17, 15) is 13.2 Å². The summed E-state index contributed by atoms with van der Waals surface area (Å²) in [6, 6.07) is 8.77. The predicted octanol–water partition coefficient (Wildman–Crippen LogP) is 4.23. The Morgan fingerprint density at radius 3 is 2.56 bits per heavy atom. The number of carbonyl (C=O) groups is 1. The Labute approximate surface area is 163 Å². The molecule has 5 nitrogen and oxygen atoms in total. The van der Waals surface area contributed by atoms with Crippen LogP contribution in [0, 0.1) is 6.92 Å². The minimum absolute atomic E-state index is 0.0945. The summed E-state index contributed by atoms with van der Waals surface area (Å²) >= 11 is 6.75. The lowest BCUT2D eigenvalue weighted by atomic mass is 10.2. The molecule has 0 saturated heterocycles. The molecule has 0 saturated carbocycles. The van der Waals surface area contributed by atoms with E-state index in [4.69, 9.17) is 0 Å². The van der Waals surface area contributed by atoms with E-state index in [0.717, 1.165) is 11.1 Å². The minimum Gasteiger partial charge on any atom is -0.311 e. The molecular weight excluding hydrogens is 472 g/mol. The van der Waals surface area contributed by atoms with Crippen molar-refractivity contribution in [3.8, 4) is 0 Å². The van der Waals surface area contributed by atoms with Gasteiger partial charge in [-0.05, 0) is 64.7 Å². The number of hydrogen-bond acceptors (Lipinski definition) is 3. The van der Waals surface area contributed by atoms with Gasteiger partial charge in [-0.25, -0.2) is 8.42 Å². The number of fused-ring (bicyclic) bond motifs is 1. The van der Waals surface area contributed by atoms with E-state index >= 15 is 0 Å². The fraction of sp³-hybridized carbons (Fsp3) is 0.235. The Balaban J connectivity index is 2.10. The number of benzene rings is 2. The summed E-state index contributed by atoms with van der Waals surface area (Å²) in [5.74, 6) is -0.172. The van der Waals surface area contributed by atoms with Crippen LogP contribution in [0.15, 0.2) is 44.2 Å². The maximum absolute atomic E-state index is 13.0. The van der Waals surface area contributed by atoms with Crippen LogP contribution in [0.1, 0.15) is 18.1 Å². The lowest BCUT2D eigenvalue weighted by molar-refractivity contribution is -0.116. The van der Waals surface area contributed by atoms with Crippen molar-refractivity contribution in [3.63, 3.8) is 0 Å². The zero-order valence-corrected chi connectivity index (χ0v) is 17.6. The monoisotopic (exact) mass is 486 g/mol. The van der Waals surface area contributed by atoms with Crippen molar-refractivity contribution >= 4 is 59.2 Å². The number of nitrogens with zero attached hydrogens (tertiary/aromatic N) is 1. The van der Waals surface area contributed by atoms with E-state index < -0.39 is 10.0 Å². The molecule has 1 heterocycles. The highest BCUT2D eigenvalue weighted by molar-refractivity contribution is 9.10. The summed E-state index contributed by atoms with van der Waals surface area (Å²) in [5.41, 5.74) is 2.77. The molecule has 8 heteroatoms. The molecule has 132 valence electrons. The van der Waals surface area contributed by atoms with E-state index in [0.29, 0.717) is 33.3 Å². The number of hydrogen-bond donors (Lipinski definition) is 1. The van der Waals surface area contributed by atoms with Gasteiger partial charge in [-0.3, -0.25) is 9.52 Å². The number of nitrogens with one attached hydrogen (secondary N) is 1. The van der Waals surface area contributed by atoms with Crippen molar-refractivity contribution in [1.29, 1.82) is 0 Å². The molecule has 0 unspecified atom stereocenters. The van der Waals surface area contributed by atoms with Gasteiger partial charge in [0, 0.05) is 22.4 Å². The molecule has 0 bridgehead atoms. The molecule has 1 N–H and O–H groups in total. The van der Waals surface area contributed by atoms with Crippen molar-refractivity contribution in [2.75, 3.05) is 16.2 Å². The van der Waals surface area contributed by atoms with Crippen LogP contribution in [-0.2, 0) is 21.2 Å². The number of anilines is 2. The summed E-state index contributed by atoms with van der Waals surface area (Å²) in [5, 5.41) is 0. The zero-order valence-electron chi connectivity index (χ0n) is 13.6. The van der Waals surface area contributed by atoms with Crippen LogP contribution in [0.5, 0.6) is 0 Å². The number of rotatable bonds is 3. The highest BCUT2D eigenvalue weighted by Crippen LogP contribution is 2.38. The normalized spacial score (nSPS) is 13.7. The van der Waals surface area contributed by atoms with Gasteiger partial charge in [0.2, 0.25) is 5.91 Å². The highest BCUT2D eigenvalue weighted by atomic mass is 79.9. The van der Waals surface area contributed by atoms with Crippen molar-refractivity contribution in [2.24, 2.45) is 0 Å². The number of halogens is 2. The van der Waals surface area contributed by atoms with E-state index in [1.165, 1.54) is 17.9 Å². The summed E-state index contributed by atoms with van der Waals surface area (Å²) in [6.45, 7) is 3.85. The first-order valence-electron chi connectivity index (χ1n) is 7.58. The molecule has 0 aliphatic carbocycles. The second kappa shape index (κ2) is 6.74. The van der Waals surface area contributed by atoms with Crippen LogP contribution in [0.3, 0.4) is 0 Å². The first-order chi connectivity index (χ1) is 11.7. The lowest BCUT2D eigenvalue weighted by Gasteiger charge is -2.20. The molecule has 0 spiro atoms. The summed E-state index contributed by atoms with van der Waals surface area (Å²) in [4.78, 5) is 13.5. The predicted molar refractivity (Wildman–Crippen MR) is 106 cm³/mol. The Morgan fingerprint density at radius 1 is 1.20 bits per heavy atom. The smallest absolute Gasteiger partial charge is 0.264 e. The van der Waals surface area contributed by atoms with Gasteiger partial charge in [0.15, 0.2) is 0 Å². The summed E-state index contributed by atoms with van der Waals surface area (Å²) < 4.78 is 30.0. The number of amides is 1. The average Bonchev–Trinajstić information content (AvgIpc) is 2.93. The molecular formula is C17H16Br2N2O3S. The third kappa shape index (κ3) is 3.61. The third-order valence-electron chi connectivity index (χ3n) is 4.03. The first-order valence-corrected chi connectivity index (χ1v) is 10.7. The fourth-order valence-electron chi connectivity index (χ4n) is 2.89. The largest absolute Gasteiger partial charge is 0.311 e. The van der Waals surface area contributed by atoms with E-state index in [2.05, 4.69) is 36.6 Å². The highest BCUT2D eigenvalue weighted by Gasteiger charge is 2.31. The number of aryl methyl sites for hydroxylation is 1. The van der Waals surface area contributed by atoms with Crippen molar-refractivity contribution < 1.29 is 13.2 Å². The van der Waals surface area contributed by atoms with E-state index in [-0.39, 0.29) is 10.8 Å². The molecule has 3 rings (SSSR count). The van der Waals surface area contributed by atoms with Gasteiger partial charge in [-0.2, -0.15) is 0 Å². The SMILES string of the molecule is CC(=O)N1CCc2cc(Br)cc(S(=O)(=O)Nc3ccc(C)cc3Br)c21. The first kappa shape index (κ1) is 18.4. The Kier molecular flexibility index (Phi) is 4.96. The van der Waals surface area contributed by atoms with E-state index in [1.54, 1.807) is 6.07 Å². The van der Waals surface area contributed by atoms with Crippen molar-refractivity contribution in [3.05, 3.63) is 50.4 Å². The zero-order chi connectivity index (χ0) is 18.4. The Bertz CT molecular complexity index is 974. The summed E-state index contributed by atoms with van der Waals surface area (Å²) in [6.07, 6.45) is 0.630. The van der Waals surface area contributed by atoms with Gasteiger partial charge in [0.25, 0.3) is 10.0 Å². The summed E-state index contributed by atoms with van der Waals surface area (Å²) in [7, 11) is -3.87. The standard InChI is InChI=1S/C17H16Br2N2O3S/c1-10-3-4-15(14(19)7-10)20-25(23,24)16-9-13(18)8-12-5-6-21(11(2)22)17(12)16/h3-4,7-9,20H,5-6H2,1-2H3. The van der Waals surface area contributed by atoms with Crippen LogP contribution in [0.25, 0.3) is 0 Å². The molecule has 25 heavy (non-hydrogen) atoms. The quantitative estimate of drug-likeness (QED) is 0.704. The van der Waals surface area contributed by atoms with Crippen LogP contribution in [0.4, 0.5) is 11.4 Å². The van der Waals surface area contributed by atoms with Crippen LogP contribution >= 0.6 is 31.9 Å². The molecule has 0 atom stereocenters. The minimum atomic E-state index is -3.87. The molecule has 0 aromatic heterocycles. The van der Waals surface area contributed by atoms with Gasteiger partial charge < -0.3 is 4.90 Å². The van der Waals surface area contributed by atoms with Gasteiger partial charge in [-0.1, -0.05) is 22.0 Å². The van der Waals surface area contributed by atoms with Gasteiger partial charge in [0.05, 0.1) is 11.4 Å². The van der Waals surface area contributed by atoms with Crippen molar-refractivity contribution in [2.45, 2.75) is 25.2 Å². The van der Waals surface area contributed by atoms with Crippen LogP contribution < -0.4 is 9.62 Å². The maximum atomic E-state index is 13.0. The second-order valence-corrected chi connectivity index (χ2v) is 9.34. The number of carbonyl (C=O) groups excluding carboxylic acids is 1. The van der Waals surface area contributed by atoms with Gasteiger partial charge in [0.1, 0.15) is 4.90 Å². The molecule has 1 aliphatic rings. The van der Waals surface area contributed by atoms with Gasteiger partial charge in [-0.15, -0.1) is 0 Å². The second-order valence-electron chi connectivity index (χ2n) is 5.92. The van der Waals surface area contributed by atoms with Crippen LogP contribution in [0.2, 0.25) is 0 Å². The topological polar surface area (TPSA) is 66.5 Å². The third-order valence-corrected chi connectivity index (χ3v) is 6.52. The molecule has 1 aliphatic heterocycles. The van der Waals surface area contributed by atoms with Crippen LogP contribution in [-0.4, -0.2) is 20.9 Å². The molecule has 0 radical (unpaired) electrons. The lowest BCUT2D eigenvalue weighted by Crippen LogP contribution is -2.28. The average molecular weight is 488 g/mol. The van der Waals surface area contributed by atoms with E-state index in [1.807, 2.05) is 25.1 Å². The molecule has 0 fully saturated rings. The number of sulfonamides is 1.